The number of benzene rings is 2. The minimum atomic E-state index is -0.300. The van der Waals surface area contributed by atoms with E-state index in [1.807, 2.05) is 68.5 Å². The van der Waals surface area contributed by atoms with Gasteiger partial charge in [0.2, 0.25) is 0 Å². The summed E-state index contributed by atoms with van der Waals surface area (Å²) in [5.41, 5.74) is 3.38. The minimum absolute atomic E-state index is 0.0247. The lowest BCUT2D eigenvalue weighted by molar-refractivity contribution is -0.123. The maximum Gasteiger partial charge on any atom is 0.273 e. The maximum atomic E-state index is 13.5. The number of aryl methyl sites for hydroxylation is 2. The SMILES string of the molecule is Cc1ccc(-n2c(=O)/c(=C\c3ccccc3)s/c2=C(/C#N)C(=O)N2CCCC2)c(C)c1. The van der Waals surface area contributed by atoms with Gasteiger partial charge in [0, 0.05) is 13.1 Å². The standard InChI is InChI=1S/C25H23N3O2S/c1-17-10-11-21(18(2)14-17)28-24(30)22(15-19-8-4-3-5-9-19)31-25(28)20(16-26)23(29)27-12-6-7-13-27/h3-5,8-11,14-15H,6-7,12-13H2,1-2H3/b22-15+,25-20-. The number of amides is 1. The molecule has 1 aliphatic rings. The molecule has 1 saturated heterocycles. The predicted octanol–water partition coefficient (Wildman–Crippen LogP) is 2.64. The van der Waals surface area contributed by atoms with Gasteiger partial charge >= 0.3 is 0 Å². The molecule has 0 bridgehead atoms. The van der Waals surface area contributed by atoms with Gasteiger partial charge in [0.15, 0.2) is 5.57 Å². The third-order valence-corrected chi connectivity index (χ3v) is 6.54. The van der Waals surface area contributed by atoms with Crippen LogP contribution in [0.3, 0.4) is 0 Å². The number of carbonyl (C=O) groups excluding carboxylic acids is 1. The maximum absolute atomic E-state index is 13.5. The molecular weight excluding hydrogens is 406 g/mol. The molecule has 0 aliphatic carbocycles. The molecule has 1 aromatic heterocycles. The van der Waals surface area contributed by atoms with E-state index in [9.17, 15) is 14.9 Å². The number of thiazole rings is 1. The van der Waals surface area contributed by atoms with Gasteiger partial charge < -0.3 is 4.90 Å². The van der Waals surface area contributed by atoms with E-state index in [0.29, 0.717) is 28.0 Å². The van der Waals surface area contributed by atoms with Crippen molar-refractivity contribution in [3.63, 3.8) is 0 Å². The van der Waals surface area contributed by atoms with Crippen molar-refractivity contribution in [2.75, 3.05) is 13.1 Å². The van der Waals surface area contributed by atoms with Crippen LogP contribution in [0, 0.1) is 25.2 Å². The van der Waals surface area contributed by atoms with E-state index in [4.69, 9.17) is 0 Å². The number of carbonyl (C=O) groups is 1. The third-order valence-electron chi connectivity index (χ3n) is 5.45. The molecule has 31 heavy (non-hydrogen) atoms. The van der Waals surface area contributed by atoms with Crippen LogP contribution in [-0.4, -0.2) is 28.5 Å². The molecule has 2 aromatic carbocycles. The summed E-state index contributed by atoms with van der Waals surface area (Å²) in [4.78, 5) is 28.3. The van der Waals surface area contributed by atoms with Crippen molar-refractivity contribution in [3.8, 4) is 11.8 Å². The van der Waals surface area contributed by atoms with Crippen LogP contribution >= 0.6 is 11.3 Å². The van der Waals surface area contributed by atoms with Gasteiger partial charge in [0.25, 0.3) is 11.5 Å². The highest BCUT2D eigenvalue weighted by atomic mass is 32.1. The van der Waals surface area contributed by atoms with Crippen molar-refractivity contribution in [2.45, 2.75) is 26.7 Å². The third kappa shape index (κ3) is 4.10. The number of hydrogen-bond donors (Lipinski definition) is 0. The topological polar surface area (TPSA) is 66.1 Å². The molecule has 0 spiro atoms. The van der Waals surface area contributed by atoms with Crippen LogP contribution in [0.4, 0.5) is 0 Å². The molecule has 0 N–H and O–H groups in total. The molecule has 2 heterocycles. The lowest BCUT2D eigenvalue weighted by Gasteiger charge is -2.14. The Labute approximate surface area is 184 Å². The first-order valence-electron chi connectivity index (χ1n) is 10.3. The fourth-order valence-electron chi connectivity index (χ4n) is 3.89. The summed E-state index contributed by atoms with van der Waals surface area (Å²) in [6.07, 6.45) is 3.68. The molecule has 1 amide bonds. The van der Waals surface area contributed by atoms with Crippen molar-refractivity contribution < 1.29 is 4.79 Å². The molecular formula is C25H23N3O2S. The number of nitriles is 1. The van der Waals surface area contributed by atoms with Gasteiger partial charge in [0.05, 0.1) is 10.2 Å². The molecule has 156 valence electrons. The predicted molar refractivity (Wildman–Crippen MR) is 123 cm³/mol. The highest BCUT2D eigenvalue weighted by Gasteiger charge is 2.24. The highest BCUT2D eigenvalue weighted by molar-refractivity contribution is 7.07. The molecule has 6 heteroatoms. The zero-order valence-electron chi connectivity index (χ0n) is 17.6. The normalized spacial score (nSPS) is 15.1. The van der Waals surface area contributed by atoms with Gasteiger partial charge in [0.1, 0.15) is 10.7 Å². The molecule has 3 aromatic rings. The molecule has 0 atom stereocenters. The zero-order valence-corrected chi connectivity index (χ0v) is 18.4. The average Bonchev–Trinajstić information content (AvgIpc) is 3.39. The van der Waals surface area contributed by atoms with Crippen LogP contribution in [0.1, 0.15) is 29.5 Å². The first-order chi connectivity index (χ1) is 15.0. The molecule has 0 saturated carbocycles. The van der Waals surface area contributed by atoms with Crippen molar-refractivity contribution in [1.82, 2.24) is 9.47 Å². The summed E-state index contributed by atoms with van der Waals surface area (Å²) in [5, 5.41) is 9.93. The monoisotopic (exact) mass is 429 g/mol. The summed E-state index contributed by atoms with van der Waals surface area (Å²) in [7, 11) is 0. The summed E-state index contributed by atoms with van der Waals surface area (Å²) in [5.74, 6) is -0.300. The van der Waals surface area contributed by atoms with Crippen molar-refractivity contribution in [1.29, 1.82) is 5.26 Å². The molecule has 5 nitrogen and oxygen atoms in total. The summed E-state index contributed by atoms with van der Waals surface area (Å²) in [6.45, 7) is 5.22. The highest BCUT2D eigenvalue weighted by Crippen LogP contribution is 2.15. The number of hydrogen-bond acceptors (Lipinski definition) is 4. The Hall–Kier alpha value is -3.43. The van der Waals surface area contributed by atoms with Crippen LogP contribution in [0.25, 0.3) is 17.3 Å². The molecule has 1 fully saturated rings. The van der Waals surface area contributed by atoms with Gasteiger partial charge in [-0.05, 0) is 50.0 Å². The Bertz CT molecular complexity index is 1350. The number of likely N-dealkylation sites (tertiary alicyclic amines) is 1. The van der Waals surface area contributed by atoms with Crippen LogP contribution in [0.5, 0.6) is 0 Å². The molecule has 4 rings (SSSR count). The van der Waals surface area contributed by atoms with E-state index in [-0.39, 0.29) is 17.0 Å². The zero-order chi connectivity index (χ0) is 22.0. The number of nitrogens with zero attached hydrogens (tertiary/aromatic N) is 3. The van der Waals surface area contributed by atoms with Gasteiger partial charge in [-0.3, -0.25) is 14.2 Å². The first kappa shape index (κ1) is 20.8. The quantitative estimate of drug-likeness (QED) is 0.643. The van der Waals surface area contributed by atoms with Crippen LogP contribution in [0.2, 0.25) is 0 Å². The van der Waals surface area contributed by atoms with Crippen LogP contribution in [-0.2, 0) is 4.79 Å². The second-order valence-corrected chi connectivity index (χ2v) is 8.77. The lowest BCUT2D eigenvalue weighted by atomic mass is 10.1. The van der Waals surface area contributed by atoms with E-state index in [1.54, 1.807) is 4.90 Å². The Morgan fingerprint density at radius 2 is 1.81 bits per heavy atom. The van der Waals surface area contributed by atoms with Gasteiger partial charge in [-0.15, -0.1) is 11.3 Å². The number of rotatable bonds is 3. The summed E-state index contributed by atoms with van der Waals surface area (Å²) < 4.78 is 2.41. The fraction of sp³-hybridized carbons (Fsp3) is 0.240. The van der Waals surface area contributed by atoms with Gasteiger partial charge in [-0.2, -0.15) is 5.26 Å². The smallest absolute Gasteiger partial charge is 0.273 e. The van der Waals surface area contributed by atoms with Crippen LogP contribution < -0.4 is 14.8 Å². The Kier molecular flexibility index (Phi) is 5.88. The second-order valence-electron chi connectivity index (χ2n) is 7.74. The van der Waals surface area contributed by atoms with Crippen molar-refractivity contribution in [2.24, 2.45) is 0 Å². The minimum Gasteiger partial charge on any atom is -0.338 e. The van der Waals surface area contributed by atoms with Crippen LogP contribution in [0.15, 0.2) is 53.3 Å². The average molecular weight is 430 g/mol. The van der Waals surface area contributed by atoms with E-state index >= 15 is 0 Å². The first-order valence-corrected chi connectivity index (χ1v) is 11.1. The number of aromatic nitrogens is 1. The Balaban J connectivity index is 2.05. The van der Waals surface area contributed by atoms with E-state index < -0.39 is 0 Å². The Morgan fingerprint density at radius 3 is 2.45 bits per heavy atom. The van der Waals surface area contributed by atoms with Gasteiger partial charge in [-0.25, -0.2) is 0 Å². The van der Waals surface area contributed by atoms with Gasteiger partial charge in [-0.1, -0.05) is 48.0 Å². The van der Waals surface area contributed by atoms with E-state index in [2.05, 4.69) is 6.07 Å². The molecule has 1 aliphatic heterocycles. The lowest BCUT2D eigenvalue weighted by Crippen LogP contribution is -2.35. The van der Waals surface area contributed by atoms with E-state index in [1.165, 1.54) is 15.9 Å². The second kappa shape index (κ2) is 8.75. The van der Waals surface area contributed by atoms with Crippen molar-refractivity contribution >= 4 is 28.9 Å². The van der Waals surface area contributed by atoms with Crippen molar-refractivity contribution in [3.05, 3.63) is 84.8 Å². The fourth-order valence-corrected chi connectivity index (χ4v) is 4.98. The summed E-state index contributed by atoms with van der Waals surface area (Å²) in [6, 6.07) is 17.5. The Morgan fingerprint density at radius 1 is 1.10 bits per heavy atom. The molecule has 0 unspecified atom stereocenters. The van der Waals surface area contributed by atoms with E-state index in [0.717, 1.165) is 29.5 Å². The summed E-state index contributed by atoms with van der Waals surface area (Å²) >= 11 is 1.20. The molecule has 0 radical (unpaired) electrons. The largest absolute Gasteiger partial charge is 0.338 e.